The van der Waals surface area contributed by atoms with Crippen molar-refractivity contribution < 1.29 is 19.1 Å². The van der Waals surface area contributed by atoms with Crippen molar-refractivity contribution in [1.29, 1.82) is 0 Å². The zero-order chi connectivity index (χ0) is 14.5. The summed E-state index contributed by atoms with van der Waals surface area (Å²) in [6.45, 7) is 6.04. The first-order chi connectivity index (χ1) is 8.81. The molecule has 0 aromatic heterocycles. The molecule has 1 N–H and O–H groups in total. The number of methoxy groups -OCH3 is 1. The van der Waals surface area contributed by atoms with E-state index in [-0.39, 0.29) is 11.9 Å². The Morgan fingerprint density at radius 2 is 1.89 bits per heavy atom. The summed E-state index contributed by atoms with van der Waals surface area (Å²) in [6.07, 6.45) is 0.0191. The molecule has 0 saturated carbocycles. The van der Waals surface area contributed by atoms with Crippen molar-refractivity contribution in [1.82, 2.24) is 5.32 Å². The van der Waals surface area contributed by atoms with Crippen LogP contribution >= 0.6 is 11.8 Å². The predicted octanol–water partition coefficient (Wildman–Crippen LogP) is 2.05. The topological polar surface area (TPSA) is 64.6 Å². The van der Waals surface area contributed by atoms with Gasteiger partial charge in [0.1, 0.15) is 5.60 Å². The molecule has 0 radical (unpaired) electrons. The highest BCUT2D eigenvalue weighted by Crippen LogP contribution is 2.32. The predicted molar refractivity (Wildman–Crippen MR) is 75.2 cm³/mol. The van der Waals surface area contributed by atoms with Crippen LogP contribution in [0.15, 0.2) is 0 Å². The Balaban J connectivity index is 2.35. The van der Waals surface area contributed by atoms with E-state index in [1.807, 2.05) is 32.5 Å². The first-order valence-electron chi connectivity index (χ1n) is 6.43. The maximum Gasteiger partial charge on any atom is 0.407 e. The smallest absolute Gasteiger partial charge is 0.407 e. The number of hydrogen-bond donors (Lipinski definition) is 1. The molecule has 1 heterocycles. The first-order valence-corrected chi connectivity index (χ1v) is 7.58. The minimum Gasteiger partial charge on any atom is -0.469 e. The van der Waals surface area contributed by atoms with Gasteiger partial charge in [-0.3, -0.25) is 4.79 Å². The Bertz CT molecular complexity index is 327. The van der Waals surface area contributed by atoms with Crippen LogP contribution in [0.2, 0.25) is 0 Å². The molecule has 0 aromatic carbocycles. The average molecular weight is 289 g/mol. The number of carbonyl (C=O) groups excluding carboxylic acids is 2. The number of esters is 1. The van der Waals surface area contributed by atoms with Crippen molar-refractivity contribution in [2.45, 2.75) is 32.8 Å². The molecule has 0 spiro atoms. The number of carbonyl (C=O) groups is 2. The largest absolute Gasteiger partial charge is 0.469 e. The minimum absolute atomic E-state index is 0.185. The summed E-state index contributed by atoms with van der Waals surface area (Å²) in [4.78, 5) is 22.9. The van der Waals surface area contributed by atoms with E-state index in [4.69, 9.17) is 9.47 Å². The Labute approximate surface area is 118 Å². The van der Waals surface area contributed by atoms with Crippen LogP contribution < -0.4 is 5.32 Å². The Kier molecular flexibility index (Phi) is 5.97. The highest BCUT2D eigenvalue weighted by atomic mass is 32.2. The van der Waals surface area contributed by atoms with Gasteiger partial charge in [-0.05, 0) is 44.1 Å². The van der Waals surface area contributed by atoms with Crippen molar-refractivity contribution >= 4 is 23.8 Å². The summed E-state index contributed by atoms with van der Waals surface area (Å²) >= 11 is 1.81. The van der Waals surface area contributed by atoms with E-state index in [0.29, 0.717) is 18.9 Å². The number of rotatable bonds is 4. The fourth-order valence-corrected chi connectivity index (χ4v) is 3.44. The third-order valence-electron chi connectivity index (χ3n) is 2.89. The van der Waals surface area contributed by atoms with Crippen LogP contribution in [0, 0.1) is 11.8 Å². The molecule has 1 rings (SSSR count). The summed E-state index contributed by atoms with van der Waals surface area (Å²) < 4.78 is 9.88. The van der Waals surface area contributed by atoms with Crippen molar-refractivity contribution in [2.24, 2.45) is 11.8 Å². The van der Waals surface area contributed by atoms with Gasteiger partial charge in [-0.1, -0.05) is 0 Å². The molecule has 19 heavy (non-hydrogen) atoms. The molecule has 1 saturated heterocycles. The van der Waals surface area contributed by atoms with Crippen LogP contribution in [0.1, 0.15) is 27.2 Å². The lowest BCUT2D eigenvalue weighted by molar-refractivity contribution is -0.141. The number of alkyl carbamates (subject to hydrolysis) is 1. The number of ether oxygens (including phenoxy) is 2. The molecule has 6 heteroatoms. The summed E-state index contributed by atoms with van der Waals surface area (Å²) in [5.74, 6) is 2.28. The van der Waals surface area contributed by atoms with Gasteiger partial charge < -0.3 is 14.8 Å². The van der Waals surface area contributed by atoms with Crippen LogP contribution in [0.25, 0.3) is 0 Å². The van der Waals surface area contributed by atoms with Gasteiger partial charge >= 0.3 is 12.1 Å². The second-order valence-corrected chi connectivity index (χ2v) is 6.80. The van der Waals surface area contributed by atoms with Gasteiger partial charge in [0.25, 0.3) is 0 Å². The van der Waals surface area contributed by atoms with Gasteiger partial charge in [0.15, 0.2) is 0 Å². The molecular formula is C13H23NO4S. The monoisotopic (exact) mass is 289 g/mol. The van der Waals surface area contributed by atoms with Crippen molar-refractivity contribution in [3.05, 3.63) is 0 Å². The van der Waals surface area contributed by atoms with Crippen LogP contribution in [-0.2, 0) is 14.3 Å². The summed E-state index contributed by atoms with van der Waals surface area (Å²) in [5.41, 5.74) is -0.486. The summed E-state index contributed by atoms with van der Waals surface area (Å²) in [5, 5.41) is 2.78. The van der Waals surface area contributed by atoms with Gasteiger partial charge in [-0.15, -0.1) is 0 Å². The lowest BCUT2D eigenvalue weighted by Gasteiger charge is -2.22. The van der Waals surface area contributed by atoms with Crippen LogP contribution in [-0.4, -0.2) is 42.8 Å². The third-order valence-corrected chi connectivity index (χ3v) is 4.22. The van der Waals surface area contributed by atoms with E-state index in [1.54, 1.807) is 0 Å². The summed E-state index contributed by atoms with van der Waals surface area (Å²) in [7, 11) is 1.40. The third kappa shape index (κ3) is 6.18. The van der Waals surface area contributed by atoms with Gasteiger partial charge in [0.2, 0.25) is 0 Å². The quantitative estimate of drug-likeness (QED) is 0.802. The van der Waals surface area contributed by atoms with Gasteiger partial charge in [-0.25, -0.2) is 4.79 Å². The van der Waals surface area contributed by atoms with E-state index in [1.165, 1.54) is 7.11 Å². The SMILES string of the molecule is COC(=O)C[C@H]1CSC[C@H]1CNC(=O)OC(C)(C)C. The van der Waals surface area contributed by atoms with Gasteiger partial charge in [0, 0.05) is 13.0 Å². The normalized spacial score (nSPS) is 22.9. The fraction of sp³-hybridized carbons (Fsp3) is 0.846. The highest BCUT2D eigenvalue weighted by Gasteiger charge is 2.30. The van der Waals surface area contributed by atoms with E-state index in [2.05, 4.69) is 5.32 Å². The molecule has 5 nitrogen and oxygen atoms in total. The molecule has 0 bridgehead atoms. The lowest BCUT2D eigenvalue weighted by atomic mass is 9.93. The van der Waals surface area contributed by atoms with Crippen LogP contribution in [0.3, 0.4) is 0 Å². The van der Waals surface area contributed by atoms with Crippen molar-refractivity contribution in [2.75, 3.05) is 25.2 Å². The molecule has 1 amide bonds. The molecule has 2 atom stereocenters. The Hall–Kier alpha value is -0.910. The number of hydrogen-bond acceptors (Lipinski definition) is 5. The van der Waals surface area contributed by atoms with E-state index in [9.17, 15) is 9.59 Å². The lowest BCUT2D eigenvalue weighted by Crippen LogP contribution is -2.37. The van der Waals surface area contributed by atoms with Crippen molar-refractivity contribution in [3.63, 3.8) is 0 Å². The average Bonchev–Trinajstić information content (AvgIpc) is 2.71. The Morgan fingerprint density at radius 1 is 1.26 bits per heavy atom. The molecule has 1 fully saturated rings. The molecule has 110 valence electrons. The molecular weight excluding hydrogens is 266 g/mol. The zero-order valence-electron chi connectivity index (χ0n) is 12.0. The molecule has 0 aliphatic carbocycles. The van der Waals surface area contributed by atoms with Crippen LogP contribution in [0.4, 0.5) is 4.79 Å². The maximum atomic E-state index is 11.6. The van der Waals surface area contributed by atoms with Crippen LogP contribution in [0.5, 0.6) is 0 Å². The van der Waals surface area contributed by atoms with E-state index < -0.39 is 11.7 Å². The second kappa shape index (κ2) is 7.03. The Morgan fingerprint density at radius 3 is 2.47 bits per heavy atom. The second-order valence-electron chi connectivity index (χ2n) is 5.72. The van der Waals surface area contributed by atoms with Gasteiger partial charge in [-0.2, -0.15) is 11.8 Å². The molecule has 0 aromatic rings. The highest BCUT2D eigenvalue weighted by molar-refractivity contribution is 7.99. The zero-order valence-corrected chi connectivity index (χ0v) is 12.8. The number of nitrogens with one attached hydrogen (secondary N) is 1. The molecule has 1 aliphatic rings. The summed E-state index contributed by atoms with van der Waals surface area (Å²) in [6, 6.07) is 0. The van der Waals surface area contributed by atoms with Crippen molar-refractivity contribution in [3.8, 4) is 0 Å². The first kappa shape index (κ1) is 16.1. The standard InChI is InChI=1S/C13H23NO4S/c1-13(2,3)18-12(16)14-6-10-8-19-7-9(10)5-11(15)17-4/h9-10H,5-8H2,1-4H3,(H,14,16)/t9-,10+/m0/s1. The number of amides is 1. The molecule has 0 unspecified atom stereocenters. The van der Waals surface area contributed by atoms with E-state index in [0.717, 1.165) is 11.5 Å². The van der Waals surface area contributed by atoms with Gasteiger partial charge in [0.05, 0.1) is 7.11 Å². The number of thioether (sulfide) groups is 1. The fourth-order valence-electron chi connectivity index (χ4n) is 1.92. The maximum absolute atomic E-state index is 11.6. The van der Waals surface area contributed by atoms with E-state index >= 15 is 0 Å². The molecule has 1 aliphatic heterocycles. The minimum atomic E-state index is -0.486.